The molecule has 9 heteroatoms. The number of piperidine rings is 1. The van der Waals surface area contributed by atoms with Crippen molar-refractivity contribution in [3.63, 3.8) is 0 Å². The second kappa shape index (κ2) is 9.54. The fraction of sp³-hybridized carbons (Fsp3) is 0.417. The molecule has 176 valence electrons. The lowest BCUT2D eigenvalue weighted by molar-refractivity contribution is 0.0711. The molecule has 0 spiro atoms. The van der Waals surface area contributed by atoms with Crippen molar-refractivity contribution in [2.45, 2.75) is 32.3 Å². The van der Waals surface area contributed by atoms with Crippen LogP contribution in [0.5, 0.6) is 0 Å². The van der Waals surface area contributed by atoms with Gasteiger partial charge in [0.2, 0.25) is 0 Å². The van der Waals surface area contributed by atoms with Crippen LogP contribution in [0.4, 0.5) is 0 Å². The Balaban J connectivity index is 1.77. The smallest absolute Gasteiger partial charge is 0.180 e. The molecule has 0 atom stereocenters. The molecule has 1 aliphatic heterocycles. The number of rotatable bonds is 7. The maximum absolute atomic E-state index is 13.4. The van der Waals surface area contributed by atoms with Crippen molar-refractivity contribution in [2.24, 2.45) is 0 Å². The molecule has 0 saturated carbocycles. The Bertz CT molecular complexity index is 1280. The largest absolute Gasteiger partial charge is 0.393 e. The number of nitrogens with zero attached hydrogens (tertiary/aromatic N) is 3. The molecule has 0 unspecified atom stereocenters. The van der Waals surface area contributed by atoms with Crippen molar-refractivity contribution >= 4 is 38.3 Å². The molecule has 1 aliphatic rings. The minimum Gasteiger partial charge on any atom is -0.393 e. The maximum Gasteiger partial charge on any atom is 0.180 e. The SMILES string of the molecule is Cc1c(C(=O)CN2CCC(O)CC2)c2ncc(CCS(C)(=O)=O)cc2n1-c1ccc(Cl)cc1. The summed E-state index contributed by atoms with van der Waals surface area (Å²) >= 11 is 6.08. The Hall–Kier alpha value is -2.26. The Morgan fingerprint density at radius 2 is 1.88 bits per heavy atom. The zero-order valence-electron chi connectivity index (χ0n) is 18.8. The third kappa shape index (κ3) is 5.46. The highest BCUT2D eigenvalue weighted by Crippen LogP contribution is 2.30. The Labute approximate surface area is 198 Å². The summed E-state index contributed by atoms with van der Waals surface area (Å²) in [6.45, 7) is 3.54. The molecule has 1 fully saturated rings. The molecule has 0 aliphatic carbocycles. The van der Waals surface area contributed by atoms with E-state index >= 15 is 0 Å². The van der Waals surface area contributed by atoms with Gasteiger partial charge in [-0.25, -0.2) is 8.42 Å². The van der Waals surface area contributed by atoms with Crippen LogP contribution in [0.3, 0.4) is 0 Å². The lowest BCUT2D eigenvalue weighted by atomic mass is 10.1. The predicted molar refractivity (Wildman–Crippen MR) is 130 cm³/mol. The highest BCUT2D eigenvalue weighted by Gasteiger charge is 2.26. The standard InChI is InChI=1S/C24H28ClN3O4S/c1-16-23(22(30)15-27-10-7-20(29)8-11-27)24-21(28(16)19-5-3-18(25)4-6-19)13-17(14-26-24)9-12-33(2,31)32/h3-6,13-14,20,29H,7-12,15H2,1-2H3. The van der Waals surface area contributed by atoms with Gasteiger partial charge in [-0.05, 0) is 62.1 Å². The van der Waals surface area contributed by atoms with Crippen LogP contribution in [0.2, 0.25) is 5.02 Å². The van der Waals surface area contributed by atoms with Crippen LogP contribution in [0, 0.1) is 6.92 Å². The number of aliphatic hydroxyl groups is 1. The summed E-state index contributed by atoms with van der Waals surface area (Å²) in [6.07, 6.45) is 4.27. The quantitative estimate of drug-likeness (QED) is 0.512. The monoisotopic (exact) mass is 489 g/mol. The van der Waals surface area contributed by atoms with Crippen LogP contribution in [0.25, 0.3) is 16.7 Å². The number of carbonyl (C=O) groups excluding carboxylic acids is 1. The molecule has 1 N–H and O–H groups in total. The van der Waals surface area contributed by atoms with E-state index in [9.17, 15) is 18.3 Å². The van der Waals surface area contributed by atoms with E-state index in [1.807, 2.05) is 29.7 Å². The number of sulfone groups is 1. The van der Waals surface area contributed by atoms with Crippen LogP contribution in [0.15, 0.2) is 36.5 Å². The fourth-order valence-electron chi connectivity index (χ4n) is 4.38. The summed E-state index contributed by atoms with van der Waals surface area (Å²) in [5, 5.41) is 10.4. The second-order valence-electron chi connectivity index (χ2n) is 8.79. The topological polar surface area (TPSA) is 92.5 Å². The number of carbonyl (C=O) groups is 1. The van der Waals surface area contributed by atoms with Crippen LogP contribution in [0.1, 0.15) is 34.5 Å². The molecule has 0 bridgehead atoms. The number of fused-ring (bicyclic) bond motifs is 1. The van der Waals surface area contributed by atoms with E-state index < -0.39 is 9.84 Å². The van der Waals surface area contributed by atoms with Crippen molar-refractivity contribution in [3.8, 4) is 5.69 Å². The Kier molecular flexibility index (Phi) is 6.91. The molecule has 7 nitrogen and oxygen atoms in total. The van der Waals surface area contributed by atoms with Gasteiger partial charge >= 0.3 is 0 Å². The first kappa shape index (κ1) is 23.9. The van der Waals surface area contributed by atoms with Gasteiger partial charge in [0.1, 0.15) is 9.84 Å². The lowest BCUT2D eigenvalue weighted by Gasteiger charge is -2.28. The van der Waals surface area contributed by atoms with E-state index in [1.165, 1.54) is 6.26 Å². The summed E-state index contributed by atoms with van der Waals surface area (Å²) in [7, 11) is -3.11. The van der Waals surface area contributed by atoms with Crippen LogP contribution in [-0.4, -0.2) is 71.5 Å². The van der Waals surface area contributed by atoms with Crippen LogP contribution in [-0.2, 0) is 16.3 Å². The first-order valence-electron chi connectivity index (χ1n) is 11.0. The van der Waals surface area contributed by atoms with Gasteiger partial charge in [-0.15, -0.1) is 0 Å². The fourth-order valence-corrected chi connectivity index (χ4v) is 5.11. The zero-order valence-corrected chi connectivity index (χ0v) is 20.4. The van der Waals surface area contributed by atoms with E-state index in [-0.39, 0.29) is 24.2 Å². The van der Waals surface area contributed by atoms with Crippen molar-refractivity contribution in [1.82, 2.24) is 14.5 Å². The molecule has 33 heavy (non-hydrogen) atoms. The molecule has 0 radical (unpaired) electrons. The van der Waals surface area contributed by atoms with Gasteiger partial charge in [-0.3, -0.25) is 14.7 Å². The number of aliphatic hydroxyl groups excluding tert-OH is 1. The van der Waals surface area contributed by atoms with Crippen molar-refractivity contribution in [1.29, 1.82) is 0 Å². The van der Waals surface area contributed by atoms with Gasteiger partial charge in [-0.2, -0.15) is 0 Å². The van der Waals surface area contributed by atoms with Gasteiger partial charge in [0.15, 0.2) is 5.78 Å². The predicted octanol–water partition coefficient (Wildman–Crippen LogP) is 3.21. The summed E-state index contributed by atoms with van der Waals surface area (Å²) in [5.41, 5.74) is 4.36. The molecular formula is C24H28ClN3O4S. The molecule has 3 heterocycles. The molecule has 1 saturated heterocycles. The summed E-state index contributed by atoms with van der Waals surface area (Å²) in [6, 6.07) is 9.28. The average molecular weight is 490 g/mol. The first-order valence-corrected chi connectivity index (χ1v) is 13.4. The van der Waals surface area contributed by atoms with Gasteiger partial charge < -0.3 is 9.67 Å². The van der Waals surface area contributed by atoms with E-state index in [4.69, 9.17) is 11.6 Å². The number of halogens is 1. The maximum atomic E-state index is 13.4. The van der Waals surface area contributed by atoms with E-state index in [2.05, 4.69) is 9.88 Å². The third-order valence-corrected chi connectivity index (χ3v) is 7.35. The van der Waals surface area contributed by atoms with Gasteiger partial charge in [0.05, 0.1) is 35.0 Å². The number of aryl methyl sites for hydroxylation is 1. The Morgan fingerprint density at radius 1 is 1.21 bits per heavy atom. The van der Waals surface area contributed by atoms with Crippen molar-refractivity contribution < 1.29 is 18.3 Å². The average Bonchev–Trinajstić information content (AvgIpc) is 3.05. The number of likely N-dealkylation sites (tertiary alicyclic amines) is 1. The van der Waals surface area contributed by atoms with Crippen molar-refractivity contribution in [3.05, 3.63) is 58.4 Å². The van der Waals surface area contributed by atoms with Crippen LogP contribution < -0.4 is 0 Å². The number of benzene rings is 1. The summed E-state index contributed by atoms with van der Waals surface area (Å²) in [4.78, 5) is 20.1. The number of ketones is 1. The van der Waals surface area contributed by atoms with E-state index in [1.54, 1.807) is 18.3 Å². The molecule has 1 aromatic carbocycles. The minimum atomic E-state index is -3.11. The molecule has 2 aromatic heterocycles. The molecule has 3 aromatic rings. The molecular weight excluding hydrogens is 462 g/mol. The van der Waals surface area contributed by atoms with E-state index in [0.717, 1.165) is 22.5 Å². The normalized spacial score (nSPS) is 15.9. The van der Waals surface area contributed by atoms with Crippen molar-refractivity contribution in [2.75, 3.05) is 31.6 Å². The second-order valence-corrected chi connectivity index (χ2v) is 11.5. The summed E-state index contributed by atoms with van der Waals surface area (Å²) < 4.78 is 25.3. The van der Waals surface area contributed by atoms with Gasteiger partial charge in [0, 0.05) is 41.9 Å². The first-order chi connectivity index (χ1) is 15.6. The number of hydrogen-bond donors (Lipinski definition) is 1. The number of Topliss-reactive ketones (excluding diaryl/α,β-unsaturated/α-hetero) is 1. The van der Waals surface area contributed by atoms with Gasteiger partial charge in [0.25, 0.3) is 0 Å². The van der Waals surface area contributed by atoms with E-state index in [0.29, 0.717) is 48.5 Å². The highest BCUT2D eigenvalue weighted by atomic mass is 35.5. The molecule has 4 rings (SSSR count). The zero-order chi connectivity index (χ0) is 23.8. The number of pyridine rings is 1. The lowest BCUT2D eigenvalue weighted by Crippen LogP contribution is -2.39. The van der Waals surface area contributed by atoms with Crippen LogP contribution >= 0.6 is 11.6 Å². The number of hydrogen-bond acceptors (Lipinski definition) is 6. The number of aromatic nitrogens is 2. The highest BCUT2D eigenvalue weighted by molar-refractivity contribution is 7.90. The third-order valence-electron chi connectivity index (χ3n) is 6.15. The minimum absolute atomic E-state index is 0.0158. The molecule has 0 amide bonds. The van der Waals surface area contributed by atoms with Gasteiger partial charge in [-0.1, -0.05) is 11.6 Å². The Morgan fingerprint density at radius 3 is 2.52 bits per heavy atom. The summed E-state index contributed by atoms with van der Waals surface area (Å²) in [5.74, 6) is 0.0194.